The number of piperidine rings is 1. The van der Waals surface area contributed by atoms with Gasteiger partial charge in [0.2, 0.25) is 5.91 Å². The minimum Gasteiger partial charge on any atom is -0.352 e. The van der Waals surface area contributed by atoms with Crippen molar-refractivity contribution in [3.8, 4) is 11.1 Å². The molecule has 1 unspecified atom stereocenters. The minimum absolute atomic E-state index is 0.0657. The third kappa shape index (κ3) is 6.89. The number of anilines is 1. The standard InChI is InChI=1S/C37H37F2N3O2/c1-37(38,39)29-15-11-27(12-16-29)32-9-5-6-10-33(32)35(43)40-30-17-13-25(14-18-30)26-21-23-42(24-22-26)34(28-7-3-2-4-8-28)36(44)41-31-19-20-31/h2-18,26,31,34H,19-24H2,1H3,(H,40,43)(H,41,44). The summed E-state index contributed by atoms with van der Waals surface area (Å²) >= 11 is 0. The summed E-state index contributed by atoms with van der Waals surface area (Å²) in [6.07, 6.45) is 4.02. The zero-order valence-electron chi connectivity index (χ0n) is 24.8. The van der Waals surface area contributed by atoms with Crippen LogP contribution >= 0.6 is 0 Å². The lowest BCUT2D eigenvalue weighted by atomic mass is 9.88. The van der Waals surface area contributed by atoms with Gasteiger partial charge in [0.15, 0.2) is 0 Å². The molecular formula is C37H37F2N3O2. The molecule has 1 aliphatic carbocycles. The highest BCUT2D eigenvalue weighted by atomic mass is 19.3. The molecule has 5 nitrogen and oxygen atoms in total. The normalized spacial score (nSPS) is 16.7. The van der Waals surface area contributed by atoms with Gasteiger partial charge in [-0.05, 0) is 85.1 Å². The third-order valence-corrected chi connectivity index (χ3v) is 8.70. The van der Waals surface area contributed by atoms with Crippen LogP contribution < -0.4 is 10.6 Å². The lowest BCUT2D eigenvalue weighted by Gasteiger charge is -2.37. The van der Waals surface area contributed by atoms with Gasteiger partial charge in [0.05, 0.1) is 0 Å². The maximum atomic E-state index is 13.7. The molecule has 226 valence electrons. The topological polar surface area (TPSA) is 61.4 Å². The Kier molecular flexibility index (Phi) is 8.58. The Morgan fingerprint density at radius 1 is 0.795 bits per heavy atom. The maximum Gasteiger partial charge on any atom is 0.270 e. The monoisotopic (exact) mass is 593 g/mol. The summed E-state index contributed by atoms with van der Waals surface area (Å²) in [6, 6.07) is 31.3. The molecule has 0 bridgehead atoms. The van der Waals surface area contributed by atoms with E-state index in [9.17, 15) is 18.4 Å². The first-order valence-corrected chi connectivity index (χ1v) is 15.3. The predicted octanol–water partition coefficient (Wildman–Crippen LogP) is 7.92. The molecule has 2 amide bonds. The van der Waals surface area contributed by atoms with E-state index in [0.717, 1.165) is 51.3 Å². The molecule has 0 aromatic heterocycles. The Labute approximate surface area is 257 Å². The summed E-state index contributed by atoms with van der Waals surface area (Å²) in [4.78, 5) is 28.8. The molecule has 1 saturated heterocycles. The Hall–Kier alpha value is -4.36. The van der Waals surface area contributed by atoms with Crippen LogP contribution in [0.15, 0.2) is 103 Å². The van der Waals surface area contributed by atoms with Gasteiger partial charge in [-0.3, -0.25) is 14.5 Å². The number of hydrogen-bond donors (Lipinski definition) is 2. The zero-order chi connectivity index (χ0) is 30.7. The molecule has 0 radical (unpaired) electrons. The SMILES string of the molecule is CC(F)(F)c1ccc(-c2ccccc2C(=O)Nc2ccc(C3CCN(C(C(=O)NC4CC4)c4ccccc4)CC3)cc2)cc1. The van der Waals surface area contributed by atoms with E-state index in [1.54, 1.807) is 24.3 Å². The first-order valence-electron chi connectivity index (χ1n) is 15.3. The fourth-order valence-electron chi connectivity index (χ4n) is 6.07. The van der Waals surface area contributed by atoms with E-state index >= 15 is 0 Å². The number of carbonyl (C=O) groups is 2. The number of likely N-dealkylation sites (tertiary alicyclic amines) is 1. The average molecular weight is 594 g/mol. The summed E-state index contributed by atoms with van der Waals surface area (Å²) in [5, 5.41) is 6.20. The van der Waals surface area contributed by atoms with Crippen LogP contribution in [0.2, 0.25) is 0 Å². The van der Waals surface area contributed by atoms with E-state index in [-0.39, 0.29) is 23.4 Å². The van der Waals surface area contributed by atoms with E-state index in [0.29, 0.717) is 34.3 Å². The average Bonchev–Trinajstić information content (AvgIpc) is 3.86. The van der Waals surface area contributed by atoms with Gasteiger partial charge >= 0.3 is 0 Å². The number of rotatable bonds is 9. The Balaban J connectivity index is 1.09. The van der Waals surface area contributed by atoms with Crippen LogP contribution in [-0.4, -0.2) is 35.8 Å². The fourth-order valence-corrected chi connectivity index (χ4v) is 6.07. The molecule has 44 heavy (non-hydrogen) atoms. The number of carbonyl (C=O) groups excluding carboxylic acids is 2. The number of benzene rings is 4. The lowest BCUT2D eigenvalue weighted by molar-refractivity contribution is -0.127. The van der Waals surface area contributed by atoms with Gasteiger partial charge in [-0.2, -0.15) is 0 Å². The van der Waals surface area contributed by atoms with E-state index < -0.39 is 5.92 Å². The number of nitrogens with one attached hydrogen (secondary N) is 2. The molecule has 0 spiro atoms. The number of amides is 2. The van der Waals surface area contributed by atoms with Crippen molar-refractivity contribution >= 4 is 17.5 Å². The van der Waals surface area contributed by atoms with Crippen molar-refractivity contribution in [1.29, 1.82) is 0 Å². The van der Waals surface area contributed by atoms with Crippen LogP contribution in [0.3, 0.4) is 0 Å². The van der Waals surface area contributed by atoms with Gasteiger partial charge < -0.3 is 10.6 Å². The molecule has 6 rings (SSSR count). The summed E-state index contributed by atoms with van der Waals surface area (Å²) in [7, 11) is 0. The third-order valence-electron chi connectivity index (χ3n) is 8.70. The van der Waals surface area contributed by atoms with E-state index in [1.807, 2.05) is 54.6 Å². The van der Waals surface area contributed by atoms with Crippen molar-refractivity contribution in [2.75, 3.05) is 18.4 Å². The maximum absolute atomic E-state index is 13.7. The van der Waals surface area contributed by atoms with Crippen LogP contribution in [0, 0.1) is 0 Å². The molecule has 4 aromatic rings. The molecule has 2 aliphatic rings. The summed E-state index contributed by atoms with van der Waals surface area (Å²) in [5.41, 5.74) is 4.72. The summed E-state index contributed by atoms with van der Waals surface area (Å²) in [5.74, 6) is -2.71. The smallest absolute Gasteiger partial charge is 0.270 e. The van der Waals surface area contributed by atoms with Gasteiger partial charge in [0, 0.05) is 29.8 Å². The first-order chi connectivity index (χ1) is 21.3. The highest BCUT2D eigenvalue weighted by Gasteiger charge is 2.34. The van der Waals surface area contributed by atoms with Crippen LogP contribution in [0.5, 0.6) is 0 Å². The predicted molar refractivity (Wildman–Crippen MR) is 170 cm³/mol. The Bertz CT molecular complexity index is 1590. The second kappa shape index (κ2) is 12.7. The number of hydrogen-bond acceptors (Lipinski definition) is 3. The molecule has 1 aliphatic heterocycles. The summed E-state index contributed by atoms with van der Waals surface area (Å²) < 4.78 is 27.4. The summed E-state index contributed by atoms with van der Waals surface area (Å²) in [6.45, 7) is 2.53. The lowest BCUT2D eigenvalue weighted by Crippen LogP contribution is -2.44. The van der Waals surface area contributed by atoms with Crippen LogP contribution in [0.1, 0.15) is 71.6 Å². The molecule has 2 fully saturated rings. The van der Waals surface area contributed by atoms with Crippen LogP contribution in [0.25, 0.3) is 11.1 Å². The number of nitrogens with zero attached hydrogens (tertiary/aromatic N) is 1. The molecule has 1 heterocycles. The fraction of sp³-hybridized carbons (Fsp3) is 0.297. The molecule has 7 heteroatoms. The second-order valence-corrected chi connectivity index (χ2v) is 12.0. The van der Waals surface area contributed by atoms with Crippen molar-refractivity contribution in [2.45, 2.75) is 56.5 Å². The van der Waals surface area contributed by atoms with E-state index in [1.165, 1.54) is 17.7 Å². The molecule has 1 atom stereocenters. The van der Waals surface area contributed by atoms with Gasteiger partial charge in [-0.15, -0.1) is 0 Å². The first kappa shape index (κ1) is 29.7. The second-order valence-electron chi connectivity index (χ2n) is 12.0. The minimum atomic E-state index is -2.92. The Morgan fingerprint density at radius 2 is 1.43 bits per heavy atom. The van der Waals surface area contributed by atoms with E-state index in [2.05, 4.69) is 27.7 Å². The van der Waals surface area contributed by atoms with Gasteiger partial charge in [0.1, 0.15) is 6.04 Å². The number of alkyl halides is 2. The number of halogens is 2. The van der Waals surface area contributed by atoms with Crippen molar-refractivity contribution in [1.82, 2.24) is 10.2 Å². The van der Waals surface area contributed by atoms with Crippen molar-refractivity contribution < 1.29 is 18.4 Å². The largest absolute Gasteiger partial charge is 0.352 e. The van der Waals surface area contributed by atoms with Gasteiger partial charge in [0.25, 0.3) is 11.8 Å². The zero-order valence-corrected chi connectivity index (χ0v) is 24.8. The molecule has 2 N–H and O–H groups in total. The van der Waals surface area contributed by atoms with Gasteiger partial charge in [-0.1, -0.05) is 84.9 Å². The quantitative estimate of drug-likeness (QED) is 0.207. The van der Waals surface area contributed by atoms with Crippen LogP contribution in [0.4, 0.5) is 14.5 Å². The molecule has 1 saturated carbocycles. The van der Waals surface area contributed by atoms with Crippen molar-refractivity contribution in [2.24, 2.45) is 0 Å². The Morgan fingerprint density at radius 3 is 2.07 bits per heavy atom. The van der Waals surface area contributed by atoms with Crippen molar-refractivity contribution in [3.63, 3.8) is 0 Å². The highest BCUT2D eigenvalue weighted by molar-refractivity contribution is 6.08. The van der Waals surface area contributed by atoms with Crippen LogP contribution in [-0.2, 0) is 10.7 Å². The van der Waals surface area contributed by atoms with E-state index in [4.69, 9.17) is 0 Å². The van der Waals surface area contributed by atoms with Gasteiger partial charge in [-0.25, -0.2) is 8.78 Å². The highest BCUT2D eigenvalue weighted by Crippen LogP contribution is 2.34. The molecule has 4 aromatic carbocycles. The van der Waals surface area contributed by atoms with Crippen molar-refractivity contribution in [3.05, 3.63) is 125 Å². The molecular weight excluding hydrogens is 556 g/mol.